The standard InChI is InChI=1S/C28H42BN6O9P2/c1-18(2)12-23(33-25(38)15-32-27(40)22-14-30-10-11-31-22)29-44-17-20-13-21(9-8-19(20)16-36)35(3)26(39)7-5-4-6-24(37)34-28(45-41)46(42)43/h8-11,13-14,18,23,28,36,41-43,45H,4-7,12,15-17H2,1-3H3,(H,32,40)(H,33,38)(H,34,37)/t23-,28?/m1/s1. The molecule has 15 nitrogen and oxygen atoms in total. The number of aliphatic hydroxyl groups is 1. The number of nitrogens with one attached hydrogen (secondary N) is 3. The van der Waals surface area contributed by atoms with E-state index in [2.05, 4.69) is 25.9 Å². The maximum atomic E-state index is 12.8. The van der Waals surface area contributed by atoms with Crippen LogP contribution < -0.4 is 20.9 Å². The van der Waals surface area contributed by atoms with E-state index in [-0.39, 0.29) is 50.1 Å². The van der Waals surface area contributed by atoms with E-state index in [1.165, 1.54) is 31.0 Å². The van der Waals surface area contributed by atoms with Crippen molar-refractivity contribution in [3.63, 3.8) is 0 Å². The van der Waals surface area contributed by atoms with Crippen molar-refractivity contribution in [2.45, 2.75) is 70.6 Å². The zero-order valence-electron chi connectivity index (χ0n) is 26.0. The summed E-state index contributed by atoms with van der Waals surface area (Å²) in [6.07, 6.45) is 5.73. The number of carbonyl (C=O) groups excluding carboxylic acids is 4. The molecular formula is C28H42BN6O9P2. The summed E-state index contributed by atoms with van der Waals surface area (Å²) in [4.78, 5) is 86.1. The monoisotopic (exact) mass is 679 g/mol. The average Bonchev–Trinajstić information content (AvgIpc) is 3.03. The number of anilines is 1. The Bertz CT molecular complexity index is 1280. The van der Waals surface area contributed by atoms with E-state index in [0.717, 1.165) is 0 Å². The first kappa shape index (κ1) is 39.1. The van der Waals surface area contributed by atoms with Gasteiger partial charge in [-0.3, -0.25) is 24.2 Å². The van der Waals surface area contributed by atoms with Crippen molar-refractivity contribution in [3.05, 3.63) is 53.6 Å². The second-order valence-electron chi connectivity index (χ2n) is 10.7. The Labute approximate surface area is 272 Å². The highest BCUT2D eigenvalue weighted by Gasteiger charge is 2.21. The minimum absolute atomic E-state index is 0.0635. The van der Waals surface area contributed by atoms with E-state index in [4.69, 9.17) is 9.55 Å². The molecule has 7 N–H and O–H groups in total. The Morgan fingerprint density at radius 1 is 1.07 bits per heavy atom. The first-order chi connectivity index (χ1) is 21.9. The predicted molar refractivity (Wildman–Crippen MR) is 174 cm³/mol. The third-order valence-corrected chi connectivity index (χ3v) is 8.61. The van der Waals surface area contributed by atoms with Crippen LogP contribution in [0.15, 0.2) is 36.8 Å². The Morgan fingerprint density at radius 3 is 2.43 bits per heavy atom. The number of aromatic nitrogens is 2. The summed E-state index contributed by atoms with van der Waals surface area (Å²) >= 11 is 0. The summed E-state index contributed by atoms with van der Waals surface area (Å²) in [6, 6.07) is 5.14. The van der Waals surface area contributed by atoms with Gasteiger partial charge in [-0.2, -0.15) is 0 Å². The second kappa shape index (κ2) is 20.9. The van der Waals surface area contributed by atoms with Crippen molar-refractivity contribution in [1.82, 2.24) is 25.9 Å². The van der Waals surface area contributed by atoms with E-state index in [9.17, 15) is 34.1 Å². The van der Waals surface area contributed by atoms with E-state index in [0.29, 0.717) is 36.1 Å². The number of carbonyl (C=O) groups is 4. The first-order valence-corrected chi connectivity index (χ1v) is 16.9. The number of benzene rings is 1. The largest absolute Gasteiger partial charge is 0.434 e. The fourth-order valence-electron chi connectivity index (χ4n) is 4.19. The molecule has 1 aromatic heterocycles. The number of hydrogen-bond donors (Lipinski definition) is 7. The molecule has 0 saturated carbocycles. The fourth-order valence-corrected chi connectivity index (χ4v) is 5.08. The molecule has 46 heavy (non-hydrogen) atoms. The van der Waals surface area contributed by atoms with Gasteiger partial charge in [0.2, 0.25) is 17.7 Å². The van der Waals surface area contributed by atoms with Gasteiger partial charge in [0.1, 0.15) is 11.2 Å². The van der Waals surface area contributed by atoms with Crippen LogP contribution in [0.1, 0.15) is 67.6 Å². The van der Waals surface area contributed by atoms with Gasteiger partial charge >= 0.3 is 7.48 Å². The Balaban J connectivity index is 1.89. The van der Waals surface area contributed by atoms with E-state index in [1.54, 1.807) is 25.2 Å². The van der Waals surface area contributed by atoms with Gasteiger partial charge < -0.3 is 45.3 Å². The highest BCUT2D eigenvalue weighted by atomic mass is 31.2. The highest BCUT2D eigenvalue weighted by Crippen LogP contribution is 2.38. The minimum atomic E-state index is -2.48. The molecule has 1 radical (unpaired) electrons. The first-order valence-electron chi connectivity index (χ1n) is 14.6. The summed E-state index contributed by atoms with van der Waals surface area (Å²) in [5.74, 6) is -1.81. The fraction of sp³-hybridized carbons (Fsp3) is 0.500. The summed E-state index contributed by atoms with van der Waals surface area (Å²) in [5, 5.41) is 17.6. The molecule has 0 spiro atoms. The normalized spacial score (nSPS) is 12.6. The van der Waals surface area contributed by atoms with Gasteiger partial charge in [-0.1, -0.05) is 19.9 Å². The lowest BCUT2D eigenvalue weighted by Crippen LogP contribution is -2.45. The lowest BCUT2D eigenvalue weighted by molar-refractivity contribution is -0.122. The van der Waals surface area contributed by atoms with Crippen LogP contribution in [-0.4, -0.2) is 85.9 Å². The molecule has 1 heterocycles. The van der Waals surface area contributed by atoms with Crippen LogP contribution in [-0.2, 0) is 32.3 Å². The lowest BCUT2D eigenvalue weighted by atomic mass is 9.81. The van der Waals surface area contributed by atoms with Crippen molar-refractivity contribution in [1.29, 1.82) is 0 Å². The highest BCUT2D eigenvalue weighted by molar-refractivity contribution is 7.59. The molecule has 18 heteroatoms. The molecule has 2 aromatic rings. The van der Waals surface area contributed by atoms with E-state index >= 15 is 0 Å². The Morgan fingerprint density at radius 2 is 1.80 bits per heavy atom. The van der Waals surface area contributed by atoms with Crippen LogP contribution in [0.5, 0.6) is 0 Å². The van der Waals surface area contributed by atoms with Gasteiger partial charge in [0, 0.05) is 52.7 Å². The number of aliphatic hydroxyl groups excluding tert-OH is 1. The molecule has 0 saturated heterocycles. The average molecular weight is 679 g/mol. The van der Waals surface area contributed by atoms with Gasteiger partial charge in [-0.05, 0) is 48.4 Å². The number of unbranched alkanes of at least 4 members (excludes halogenated alkanes) is 1. The van der Waals surface area contributed by atoms with Crippen LogP contribution in [0.2, 0.25) is 0 Å². The molecule has 0 aliphatic rings. The SMILES string of the molecule is CC(C)C[C@H]([B]OCc1cc(N(C)C(=O)CCCCC(=O)NC(PO)P(O)O)ccc1CO)NC(=O)CNC(=O)c1cnccn1. The van der Waals surface area contributed by atoms with Crippen molar-refractivity contribution in [3.8, 4) is 0 Å². The maximum absolute atomic E-state index is 12.8. The van der Waals surface area contributed by atoms with Gasteiger partial charge in [0.25, 0.3) is 5.91 Å². The summed E-state index contributed by atoms with van der Waals surface area (Å²) in [6.45, 7) is 3.54. The van der Waals surface area contributed by atoms with Crippen LogP contribution >= 0.6 is 17.2 Å². The van der Waals surface area contributed by atoms with Gasteiger partial charge in [-0.25, -0.2) is 4.98 Å². The summed E-state index contributed by atoms with van der Waals surface area (Å²) in [7, 11) is -0.186. The Kier molecular flexibility index (Phi) is 17.8. The maximum Gasteiger partial charge on any atom is 0.317 e. The topological polar surface area (TPSA) is 224 Å². The van der Waals surface area contributed by atoms with E-state index < -0.39 is 46.4 Å². The van der Waals surface area contributed by atoms with Crippen molar-refractivity contribution < 1.29 is 43.6 Å². The lowest BCUT2D eigenvalue weighted by Gasteiger charge is -2.21. The van der Waals surface area contributed by atoms with E-state index in [1.807, 2.05) is 13.8 Å². The smallest absolute Gasteiger partial charge is 0.317 e. The van der Waals surface area contributed by atoms with Gasteiger partial charge in [-0.15, -0.1) is 0 Å². The molecule has 4 amide bonds. The van der Waals surface area contributed by atoms with Crippen LogP contribution in [0.25, 0.3) is 0 Å². The third kappa shape index (κ3) is 14.1. The molecule has 3 atom stereocenters. The summed E-state index contributed by atoms with van der Waals surface area (Å²) < 4.78 is 5.83. The van der Waals surface area contributed by atoms with Crippen LogP contribution in [0.3, 0.4) is 0 Å². The predicted octanol–water partition coefficient (Wildman–Crippen LogP) is 0.828. The minimum Gasteiger partial charge on any atom is -0.434 e. The van der Waals surface area contributed by atoms with Crippen LogP contribution in [0.4, 0.5) is 5.69 Å². The molecule has 1 aromatic carbocycles. The van der Waals surface area contributed by atoms with Gasteiger partial charge in [0.15, 0.2) is 8.38 Å². The molecule has 251 valence electrons. The summed E-state index contributed by atoms with van der Waals surface area (Å²) in [5.41, 5.74) is 0.846. The molecule has 0 bridgehead atoms. The van der Waals surface area contributed by atoms with Crippen molar-refractivity contribution in [2.24, 2.45) is 5.92 Å². The molecule has 2 unspecified atom stereocenters. The van der Waals surface area contributed by atoms with Gasteiger partial charge in [0.05, 0.1) is 26.0 Å². The van der Waals surface area contributed by atoms with Crippen molar-refractivity contribution in [2.75, 3.05) is 18.5 Å². The molecule has 2 rings (SSSR count). The number of amides is 4. The molecule has 0 fully saturated rings. The zero-order valence-corrected chi connectivity index (χ0v) is 27.9. The zero-order chi connectivity index (χ0) is 34.1. The number of hydrogen-bond acceptors (Lipinski definition) is 11. The third-order valence-electron chi connectivity index (χ3n) is 6.59. The molecule has 0 aliphatic heterocycles. The second-order valence-corrected chi connectivity index (χ2v) is 13.2. The Hall–Kier alpha value is -3.10. The molecular weight excluding hydrogens is 637 g/mol. The molecule has 0 aliphatic carbocycles. The quantitative estimate of drug-likeness (QED) is 0.0590. The number of nitrogens with zero attached hydrogens (tertiary/aromatic N) is 3. The number of rotatable bonds is 20. The van der Waals surface area contributed by atoms with Crippen LogP contribution in [0, 0.1) is 5.92 Å². The van der Waals surface area contributed by atoms with Crippen molar-refractivity contribution >= 4 is 54.0 Å².